The summed E-state index contributed by atoms with van der Waals surface area (Å²) < 4.78 is 20.4. The Bertz CT molecular complexity index is 646. The van der Waals surface area contributed by atoms with E-state index in [4.69, 9.17) is 4.74 Å². The van der Waals surface area contributed by atoms with Gasteiger partial charge in [-0.25, -0.2) is 9.18 Å². The minimum atomic E-state index is -0.391. The number of methoxy groups -OCH3 is 1. The summed E-state index contributed by atoms with van der Waals surface area (Å²) in [4.78, 5) is 12.1. The Morgan fingerprint density at radius 1 is 1.39 bits per heavy atom. The summed E-state index contributed by atoms with van der Waals surface area (Å²) in [6.45, 7) is 4.22. The van der Waals surface area contributed by atoms with Crippen LogP contribution in [0.15, 0.2) is 36.7 Å². The zero-order valence-electron chi connectivity index (χ0n) is 13.4. The van der Waals surface area contributed by atoms with Crippen molar-refractivity contribution in [2.75, 3.05) is 7.11 Å². The van der Waals surface area contributed by atoms with Crippen LogP contribution in [0.2, 0.25) is 0 Å². The standard InChI is InChI=1S/C16H21FN4O2/c1-11(10-21-8-4-7-18-21)19-16(22)20-12(2)14-9-13(17)5-6-15(14)23-3/h4-9,11-12H,10H2,1-3H3,(H2,19,20,22). The lowest BCUT2D eigenvalue weighted by molar-refractivity contribution is 0.233. The zero-order valence-corrected chi connectivity index (χ0v) is 13.4. The molecule has 1 aromatic heterocycles. The second kappa shape index (κ2) is 7.62. The van der Waals surface area contributed by atoms with Gasteiger partial charge in [0, 0.05) is 24.0 Å². The monoisotopic (exact) mass is 320 g/mol. The largest absolute Gasteiger partial charge is 0.496 e. The van der Waals surface area contributed by atoms with Crippen LogP contribution in [-0.4, -0.2) is 29.0 Å². The number of rotatable bonds is 6. The Kier molecular flexibility index (Phi) is 5.56. The second-order valence-corrected chi connectivity index (χ2v) is 5.35. The Morgan fingerprint density at radius 2 is 2.17 bits per heavy atom. The van der Waals surface area contributed by atoms with E-state index in [1.807, 2.05) is 19.2 Å². The molecule has 2 unspecified atom stereocenters. The number of nitrogens with one attached hydrogen (secondary N) is 2. The highest BCUT2D eigenvalue weighted by atomic mass is 19.1. The molecule has 7 heteroatoms. The van der Waals surface area contributed by atoms with Crippen LogP contribution >= 0.6 is 0 Å². The molecule has 1 aromatic carbocycles. The first-order valence-electron chi connectivity index (χ1n) is 7.37. The maximum absolute atomic E-state index is 13.4. The molecule has 124 valence electrons. The predicted octanol–water partition coefficient (Wildman–Crippen LogP) is 2.48. The van der Waals surface area contributed by atoms with E-state index in [0.717, 1.165) is 0 Å². The summed E-state index contributed by atoms with van der Waals surface area (Å²) in [5.74, 6) is 0.158. The van der Waals surface area contributed by atoms with E-state index in [1.54, 1.807) is 23.9 Å². The Labute approximate surface area is 134 Å². The van der Waals surface area contributed by atoms with Crippen molar-refractivity contribution in [3.63, 3.8) is 0 Å². The van der Waals surface area contributed by atoms with Crippen LogP contribution in [0.1, 0.15) is 25.5 Å². The SMILES string of the molecule is COc1ccc(F)cc1C(C)NC(=O)NC(C)Cn1cccn1. The van der Waals surface area contributed by atoms with Crippen molar-refractivity contribution in [2.24, 2.45) is 0 Å². The van der Waals surface area contributed by atoms with Gasteiger partial charge < -0.3 is 15.4 Å². The molecule has 0 bridgehead atoms. The minimum absolute atomic E-state index is 0.100. The molecule has 0 spiro atoms. The van der Waals surface area contributed by atoms with Crippen LogP contribution in [0.25, 0.3) is 0 Å². The molecule has 2 rings (SSSR count). The molecule has 6 nitrogen and oxygen atoms in total. The number of aromatic nitrogens is 2. The minimum Gasteiger partial charge on any atom is -0.496 e. The highest BCUT2D eigenvalue weighted by Gasteiger charge is 2.16. The second-order valence-electron chi connectivity index (χ2n) is 5.35. The third kappa shape index (κ3) is 4.70. The quantitative estimate of drug-likeness (QED) is 0.859. The maximum Gasteiger partial charge on any atom is 0.315 e. The van der Waals surface area contributed by atoms with E-state index in [-0.39, 0.29) is 17.9 Å². The lowest BCUT2D eigenvalue weighted by Gasteiger charge is -2.20. The molecule has 0 saturated carbocycles. The third-order valence-electron chi connectivity index (χ3n) is 3.40. The molecule has 0 aliphatic rings. The number of benzene rings is 1. The van der Waals surface area contributed by atoms with Crippen LogP contribution in [0.4, 0.5) is 9.18 Å². The van der Waals surface area contributed by atoms with Crippen molar-refractivity contribution in [2.45, 2.75) is 32.5 Å². The average Bonchev–Trinajstić information content (AvgIpc) is 2.99. The van der Waals surface area contributed by atoms with E-state index in [2.05, 4.69) is 15.7 Å². The number of nitrogens with zero attached hydrogens (tertiary/aromatic N) is 2. The lowest BCUT2D eigenvalue weighted by Crippen LogP contribution is -2.43. The van der Waals surface area contributed by atoms with Crippen LogP contribution in [-0.2, 0) is 6.54 Å². The predicted molar refractivity (Wildman–Crippen MR) is 84.7 cm³/mol. The molecule has 2 amide bonds. The van der Waals surface area contributed by atoms with Crippen molar-refractivity contribution < 1.29 is 13.9 Å². The van der Waals surface area contributed by atoms with Crippen molar-refractivity contribution in [1.82, 2.24) is 20.4 Å². The molecule has 0 fully saturated rings. The van der Waals surface area contributed by atoms with Gasteiger partial charge in [0.25, 0.3) is 0 Å². The van der Waals surface area contributed by atoms with Gasteiger partial charge in [0.05, 0.1) is 19.7 Å². The summed E-state index contributed by atoms with van der Waals surface area (Å²) in [6.07, 6.45) is 3.52. The molecule has 2 N–H and O–H groups in total. The van der Waals surface area contributed by atoms with Gasteiger partial charge in [-0.1, -0.05) is 0 Å². The van der Waals surface area contributed by atoms with Crippen LogP contribution in [0.5, 0.6) is 5.75 Å². The van der Waals surface area contributed by atoms with Crippen molar-refractivity contribution >= 4 is 6.03 Å². The number of amides is 2. The summed E-state index contributed by atoms with van der Waals surface area (Å²) in [6, 6.07) is 5.22. The Hall–Kier alpha value is -2.57. The number of hydrogen-bond donors (Lipinski definition) is 2. The van der Waals surface area contributed by atoms with E-state index in [0.29, 0.717) is 17.9 Å². The first-order chi connectivity index (χ1) is 11.0. The Morgan fingerprint density at radius 3 is 2.83 bits per heavy atom. The van der Waals surface area contributed by atoms with Crippen LogP contribution < -0.4 is 15.4 Å². The number of urea groups is 1. The fourth-order valence-corrected chi connectivity index (χ4v) is 2.32. The van der Waals surface area contributed by atoms with E-state index >= 15 is 0 Å². The van der Waals surface area contributed by atoms with Gasteiger partial charge in [-0.05, 0) is 38.1 Å². The average molecular weight is 320 g/mol. The molecular weight excluding hydrogens is 299 g/mol. The molecule has 0 aliphatic heterocycles. The van der Waals surface area contributed by atoms with Gasteiger partial charge in [-0.2, -0.15) is 5.10 Å². The number of carbonyl (C=O) groups is 1. The summed E-state index contributed by atoms with van der Waals surface area (Å²) in [5.41, 5.74) is 0.586. The third-order valence-corrected chi connectivity index (χ3v) is 3.40. The van der Waals surface area contributed by atoms with Crippen molar-refractivity contribution in [1.29, 1.82) is 0 Å². The maximum atomic E-state index is 13.4. The smallest absolute Gasteiger partial charge is 0.315 e. The van der Waals surface area contributed by atoms with Gasteiger partial charge in [0.2, 0.25) is 0 Å². The molecule has 2 aromatic rings. The number of ether oxygens (including phenoxy) is 1. The number of halogens is 1. The zero-order chi connectivity index (χ0) is 16.8. The van der Waals surface area contributed by atoms with Gasteiger partial charge in [-0.3, -0.25) is 4.68 Å². The van der Waals surface area contributed by atoms with Crippen molar-refractivity contribution in [3.8, 4) is 5.75 Å². The highest BCUT2D eigenvalue weighted by Crippen LogP contribution is 2.25. The molecule has 23 heavy (non-hydrogen) atoms. The topological polar surface area (TPSA) is 68.2 Å². The van der Waals surface area contributed by atoms with E-state index in [9.17, 15) is 9.18 Å². The summed E-state index contributed by atoms with van der Waals surface area (Å²) in [5, 5.41) is 9.70. The number of hydrogen-bond acceptors (Lipinski definition) is 3. The molecule has 0 aliphatic carbocycles. The van der Waals surface area contributed by atoms with Gasteiger partial charge in [0.15, 0.2) is 0 Å². The molecule has 0 saturated heterocycles. The Balaban J connectivity index is 1.93. The van der Waals surface area contributed by atoms with Crippen LogP contribution in [0, 0.1) is 5.82 Å². The summed E-state index contributed by atoms with van der Waals surface area (Å²) >= 11 is 0. The highest BCUT2D eigenvalue weighted by molar-refractivity contribution is 5.74. The van der Waals surface area contributed by atoms with Gasteiger partial charge >= 0.3 is 6.03 Å². The first-order valence-corrected chi connectivity index (χ1v) is 7.37. The number of carbonyl (C=O) groups excluding carboxylic acids is 1. The molecule has 0 radical (unpaired) electrons. The normalized spacial score (nSPS) is 13.2. The van der Waals surface area contributed by atoms with Gasteiger partial charge in [-0.15, -0.1) is 0 Å². The van der Waals surface area contributed by atoms with E-state index < -0.39 is 6.04 Å². The fourth-order valence-electron chi connectivity index (χ4n) is 2.32. The van der Waals surface area contributed by atoms with Gasteiger partial charge in [0.1, 0.15) is 11.6 Å². The molecule has 2 atom stereocenters. The molecule has 1 heterocycles. The first kappa shape index (κ1) is 16.8. The van der Waals surface area contributed by atoms with E-state index in [1.165, 1.54) is 19.2 Å². The summed E-state index contributed by atoms with van der Waals surface area (Å²) in [7, 11) is 1.51. The lowest BCUT2D eigenvalue weighted by atomic mass is 10.1. The molecular formula is C16H21FN4O2. The fraction of sp³-hybridized carbons (Fsp3) is 0.375. The van der Waals surface area contributed by atoms with Crippen molar-refractivity contribution in [3.05, 3.63) is 48.0 Å². The van der Waals surface area contributed by atoms with Crippen LogP contribution in [0.3, 0.4) is 0 Å².